The molecule has 0 bridgehead atoms. The minimum absolute atomic E-state index is 0.360. The lowest BCUT2D eigenvalue weighted by atomic mass is 10.2. The number of ether oxygens (including phenoxy) is 2. The number of halogens is 1. The molecule has 23 heavy (non-hydrogen) atoms. The predicted octanol–water partition coefficient (Wildman–Crippen LogP) is 5.47. The lowest BCUT2D eigenvalue weighted by Crippen LogP contribution is -2.08. The summed E-state index contributed by atoms with van der Waals surface area (Å²) < 4.78 is 12.1. The van der Waals surface area contributed by atoms with Gasteiger partial charge in [0, 0.05) is 3.57 Å². The smallest absolute Gasteiger partial charge is 0.343 e. The van der Waals surface area contributed by atoms with Crippen LogP contribution in [0.1, 0.15) is 43.0 Å². The van der Waals surface area contributed by atoms with E-state index in [0.29, 0.717) is 17.9 Å². The number of esters is 1. The Hall–Kier alpha value is -1.56. The maximum atomic E-state index is 12.1. The molecule has 0 heterocycles. The Balaban J connectivity index is 1.83. The van der Waals surface area contributed by atoms with E-state index in [-0.39, 0.29) is 5.97 Å². The van der Waals surface area contributed by atoms with Gasteiger partial charge in [-0.15, -0.1) is 0 Å². The van der Waals surface area contributed by atoms with Gasteiger partial charge in [-0.3, -0.25) is 0 Å². The second-order valence-corrected chi connectivity index (χ2v) is 6.52. The highest BCUT2D eigenvalue weighted by atomic mass is 127. The van der Waals surface area contributed by atoms with Gasteiger partial charge in [0.1, 0.15) is 11.5 Å². The Morgan fingerprint density at radius 3 is 2.22 bits per heavy atom. The van der Waals surface area contributed by atoms with E-state index in [0.717, 1.165) is 15.7 Å². The molecule has 0 aliphatic heterocycles. The molecule has 4 heteroatoms. The summed E-state index contributed by atoms with van der Waals surface area (Å²) in [6.07, 6.45) is 4.71. The molecule has 0 atom stereocenters. The van der Waals surface area contributed by atoms with Gasteiger partial charge in [-0.2, -0.15) is 0 Å². The van der Waals surface area contributed by atoms with Crippen molar-refractivity contribution in [1.82, 2.24) is 0 Å². The Morgan fingerprint density at radius 2 is 1.57 bits per heavy atom. The molecule has 0 unspecified atom stereocenters. The quantitative estimate of drug-likeness (QED) is 0.244. The van der Waals surface area contributed by atoms with Gasteiger partial charge < -0.3 is 9.47 Å². The number of unbranched alkanes of at least 4 members (excludes halogenated alkanes) is 3. The van der Waals surface area contributed by atoms with Crippen LogP contribution in [-0.4, -0.2) is 12.6 Å². The topological polar surface area (TPSA) is 35.5 Å². The Kier molecular flexibility index (Phi) is 7.39. The first kappa shape index (κ1) is 17.8. The Labute approximate surface area is 151 Å². The zero-order valence-corrected chi connectivity index (χ0v) is 15.4. The van der Waals surface area contributed by atoms with Gasteiger partial charge in [-0.05, 0) is 77.5 Å². The SMILES string of the molecule is CCCCCCOc1ccc(C(=O)Oc2ccc(I)cc2)cc1. The molecule has 0 amide bonds. The third kappa shape index (κ3) is 6.22. The second kappa shape index (κ2) is 9.55. The van der Waals surface area contributed by atoms with Crippen molar-refractivity contribution in [3.8, 4) is 11.5 Å². The average molecular weight is 424 g/mol. The fraction of sp³-hybridized carbons (Fsp3) is 0.316. The van der Waals surface area contributed by atoms with Crippen molar-refractivity contribution in [3.63, 3.8) is 0 Å². The van der Waals surface area contributed by atoms with Gasteiger partial charge in [0.05, 0.1) is 12.2 Å². The van der Waals surface area contributed by atoms with Gasteiger partial charge in [0.25, 0.3) is 0 Å². The van der Waals surface area contributed by atoms with Crippen LogP contribution in [0, 0.1) is 3.57 Å². The number of hydrogen-bond acceptors (Lipinski definition) is 3. The fourth-order valence-corrected chi connectivity index (χ4v) is 2.43. The first-order chi connectivity index (χ1) is 11.2. The summed E-state index contributed by atoms with van der Waals surface area (Å²) in [5, 5.41) is 0. The maximum Gasteiger partial charge on any atom is 0.343 e. The molecular weight excluding hydrogens is 403 g/mol. The van der Waals surface area contributed by atoms with Crippen LogP contribution in [-0.2, 0) is 0 Å². The summed E-state index contributed by atoms with van der Waals surface area (Å²) in [4.78, 5) is 12.1. The monoisotopic (exact) mass is 424 g/mol. The summed E-state index contributed by atoms with van der Waals surface area (Å²) in [7, 11) is 0. The number of hydrogen-bond donors (Lipinski definition) is 0. The van der Waals surface area contributed by atoms with E-state index in [4.69, 9.17) is 9.47 Å². The molecule has 2 aromatic rings. The summed E-state index contributed by atoms with van der Waals surface area (Å²) in [6, 6.07) is 14.5. The van der Waals surface area contributed by atoms with Crippen molar-refractivity contribution < 1.29 is 14.3 Å². The molecule has 0 aliphatic rings. The van der Waals surface area contributed by atoms with Crippen LogP contribution in [0.2, 0.25) is 0 Å². The van der Waals surface area contributed by atoms with Gasteiger partial charge in [-0.25, -0.2) is 4.79 Å². The van der Waals surface area contributed by atoms with Crippen LogP contribution in [0.4, 0.5) is 0 Å². The molecule has 0 saturated heterocycles. The molecule has 0 aliphatic carbocycles. The summed E-state index contributed by atoms with van der Waals surface area (Å²) in [5.41, 5.74) is 0.516. The number of benzene rings is 2. The van der Waals surface area contributed by atoms with Crippen LogP contribution < -0.4 is 9.47 Å². The second-order valence-electron chi connectivity index (χ2n) is 5.28. The highest BCUT2D eigenvalue weighted by molar-refractivity contribution is 14.1. The van der Waals surface area contributed by atoms with Gasteiger partial charge in [0.15, 0.2) is 0 Å². The normalized spacial score (nSPS) is 10.3. The van der Waals surface area contributed by atoms with Crippen molar-refractivity contribution in [2.45, 2.75) is 32.6 Å². The predicted molar refractivity (Wildman–Crippen MR) is 100 cm³/mol. The van der Waals surface area contributed by atoms with Crippen molar-refractivity contribution in [2.24, 2.45) is 0 Å². The maximum absolute atomic E-state index is 12.1. The molecule has 122 valence electrons. The van der Waals surface area contributed by atoms with Crippen LogP contribution >= 0.6 is 22.6 Å². The summed E-state index contributed by atoms with van der Waals surface area (Å²) in [6.45, 7) is 2.90. The zero-order chi connectivity index (χ0) is 16.5. The Morgan fingerprint density at radius 1 is 0.913 bits per heavy atom. The third-order valence-electron chi connectivity index (χ3n) is 3.38. The van der Waals surface area contributed by atoms with Crippen LogP contribution in [0.5, 0.6) is 11.5 Å². The number of rotatable bonds is 8. The van der Waals surface area contributed by atoms with E-state index in [1.54, 1.807) is 24.3 Å². The molecule has 0 spiro atoms. The molecule has 0 aromatic heterocycles. The number of carbonyl (C=O) groups excluding carboxylic acids is 1. The standard InChI is InChI=1S/C19H21IO3/c1-2-3-4-5-14-22-17-10-6-15(7-11-17)19(21)23-18-12-8-16(20)9-13-18/h6-13H,2-5,14H2,1H3. The molecule has 0 saturated carbocycles. The van der Waals surface area contributed by atoms with Crippen molar-refractivity contribution >= 4 is 28.6 Å². The van der Waals surface area contributed by atoms with E-state index in [2.05, 4.69) is 29.5 Å². The minimum Gasteiger partial charge on any atom is -0.494 e. The average Bonchev–Trinajstić information content (AvgIpc) is 2.57. The summed E-state index contributed by atoms with van der Waals surface area (Å²) >= 11 is 2.21. The molecule has 2 aromatic carbocycles. The molecule has 0 fully saturated rings. The fourth-order valence-electron chi connectivity index (χ4n) is 2.07. The summed E-state index contributed by atoms with van der Waals surface area (Å²) in [5.74, 6) is 0.972. The van der Waals surface area contributed by atoms with Crippen molar-refractivity contribution in [1.29, 1.82) is 0 Å². The zero-order valence-electron chi connectivity index (χ0n) is 13.3. The molecular formula is C19H21IO3. The lowest BCUT2D eigenvalue weighted by Gasteiger charge is -2.07. The van der Waals surface area contributed by atoms with E-state index in [1.807, 2.05) is 24.3 Å². The van der Waals surface area contributed by atoms with Gasteiger partial charge in [0.2, 0.25) is 0 Å². The van der Waals surface area contributed by atoms with Crippen LogP contribution in [0.25, 0.3) is 0 Å². The van der Waals surface area contributed by atoms with E-state index < -0.39 is 0 Å². The van der Waals surface area contributed by atoms with Gasteiger partial charge in [-0.1, -0.05) is 26.2 Å². The molecule has 0 radical (unpaired) electrons. The van der Waals surface area contributed by atoms with Crippen LogP contribution in [0.3, 0.4) is 0 Å². The van der Waals surface area contributed by atoms with Gasteiger partial charge >= 0.3 is 5.97 Å². The first-order valence-corrected chi connectivity index (χ1v) is 8.97. The highest BCUT2D eigenvalue weighted by Gasteiger charge is 2.08. The van der Waals surface area contributed by atoms with Crippen molar-refractivity contribution in [3.05, 3.63) is 57.7 Å². The molecule has 3 nitrogen and oxygen atoms in total. The van der Waals surface area contributed by atoms with E-state index in [9.17, 15) is 4.79 Å². The first-order valence-electron chi connectivity index (χ1n) is 7.89. The lowest BCUT2D eigenvalue weighted by molar-refractivity contribution is 0.0734. The van der Waals surface area contributed by atoms with Crippen LogP contribution in [0.15, 0.2) is 48.5 Å². The Bertz CT molecular complexity index is 606. The molecule has 2 rings (SSSR count). The molecule has 0 N–H and O–H groups in total. The van der Waals surface area contributed by atoms with E-state index in [1.165, 1.54) is 19.3 Å². The number of carbonyl (C=O) groups is 1. The minimum atomic E-state index is -0.360. The van der Waals surface area contributed by atoms with E-state index >= 15 is 0 Å². The largest absolute Gasteiger partial charge is 0.494 e. The van der Waals surface area contributed by atoms with Crippen molar-refractivity contribution in [2.75, 3.05) is 6.61 Å². The third-order valence-corrected chi connectivity index (χ3v) is 4.10. The highest BCUT2D eigenvalue weighted by Crippen LogP contribution is 2.17.